The smallest absolute Gasteiger partial charge is 0.248 e. The molecule has 1 nitrogen and oxygen atoms in total. The highest BCUT2D eigenvalue weighted by Crippen LogP contribution is 2.41. The maximum Gasteiger partial charge on any atom is 0.248 e. The standard InChI is InChI=1S/C13H19F2NS/c1-16-12(5-4-11-3-2-8-17-11)10-6-7-13(14,15)9-10/h2-3,8,10,12,16H,4-7,9H2,1H3. The molecule has 2 atom stereocenters. The van der Waals surface area contributed by atoms with E-state index in [1.165, 1.54) is 4.88 Å². The first-order chi connectivity index (χ1) is 8.11. The van der Waals surface area contributed by atoms with E-state index < -0.39 is 5.92 Å². The fraction of sp³-hybridized carbons (Fsp3) is 0.692. The predicted octanol–water partition coefficient (Wildman–Crippen LogP) is 3.70. The van der Waals surface area contributed by atoms with Crippen LogP contribution in [0.5, 0.6) is 0 Å². The van der Waals surface area contributed by atoms with Crippen LogP contribution in [-0.4, -0.2) is 19.0 Å². The molecule has 96 valence electrons. The molecule has 1 saturated carbocycles. The van der Waals surface area contributed by atoms with Crippen molar-refractivity contribution in [3.8, 4) is 0 Å². The maximum absolute atomic E-state index is 13.2. The molecule has 4 heteroatoms. The van der Waals surface area contributed by atoms with E-state index in [1.54, 1.807) is 11.3 Å². The molecule has 1 aromatic rings. The van der Waals surface area contributed by atoms with Gasteiger partial charge in [-0.2, -0.15) is 0 Å². The van der Waals surface area contributed by atoms with Crippen LogP contribution in [-0.2, 0) is 6.42 Å². The van der Waals surface area contributed by atoms with Crippen LogP contribution in [0.15, 0.2) is 17.5 Å². The van der Waals surface area contributed by atoms with Crippen LogP contribution < -0.4 is 5.32 Å². The molecule has 0 aromatic carbocycles. The van der Waals surface area contributed by atoms with Gasteiger partial charge in [0, 0.05) is 23.8 Å². The molecule has 2 rings (SSSR count). The molecule has 1 fully saturated rings. The van der Waals surface area contributed by atoms with Crippen LogP contribution in [0.25, 0.3) is 0 Å². The Balaban J connectivity index is 1.85. The van der Waals surface area contributed by atoms with Crippen molar-refractivity contribution in [1.82, 2.24) is 5.32 Å². The van der Waals surface area contributed by atoms with Gasteiger partial charge >= 0.3 is 0 Å². The quantitative estimate of drug-likeness (QED) is 0.850. The molecule has 1 aliphatic rings. The zero-order chi connectivity index (χ0) is 12.3. The first kappa shape index (κ1) is 13.0. The van der Waals surface area contributed by atoms with Crippen LogP contribution in [0.3, 0.4) is 0 Å². The van der Waals surface area contributed by atoms with Crippen molar-refractivity contribution >= 4 is 11.3 Å². The van der Waals surface area contributed by atoms with E-state index in [0.717, 1.165) is 12.8 Å². The van der Waals surface area contributed by atoms with Gasteiger partial charge in [-0.1, -0.05) is 6.07 Å². The predicted molar refractivity (Wildman–Crippen MR) is 67.8 cm³/mol. The maximum atomic E-state index is 13.2. The summed E-state index contributed by atoms with van der Waals surface area (Å²) in [7, 11) is 1.88. The summed E-state index contributed by atoms with van der Waals surface area (Å²) in [6.07, 6.45) is 2.73. The van der Waals surface area contributed by atoms with Crippen molar-refractivity contribution in [3.63, 3.8) is 0 Å². The van der Waals surface area contributed by atoms with Gasteiger partial charge < -0.3 is 5.32 Å². The van der Waals surface area contributed by atoms with Crippen molar-refractivity contribution in [2.24, 2.45) is 5.92 Å². The van der Waals surface area contributed by atoms with E-state index in [0.29, 0.717) is 6.42 Å². The van der Waals surface area contributed by atoms with Crippen molar-refractivity contribution in [2.75, 3.05) is 7.05 Å². The van der Waals surface area contributed by atoms with Crippen LogP contribution >= 0.6 is 11.3 Å². The molecule has 1 N–H and O–H groups in total. The Kier molecular flexibility index (Phi) is 4.15. The summed E-state index contributed by atoms with van der Waals surface area (Å²) in [5.74, 6) is -2.29. The van der Waals surface area contributed by atoms with Gasteiger partial charge in [-0.25, -0.2) is 8.78 Å². The van der Waals surface area contributed by atoms with Crippen LogP contribution in [0.2, 0.25) is 0 Å². The lowest BCUT2D eigenvalue weighted by atomic mass is 9.94. The van der Waals surface area contributed by atoms with Crippen LogP contribution in [0.1, 0.15) is 30.6 Å². The zero-order valence-electron chi connectivity index (χ0n) is 10.1. The molecule has 17 heavy (non-hydrogen) atoms. The van der Waals surface area contributed by atoms with Crippen LogP contribution in [0, 0.1) is 5.92 Å². The molecule has 0 bridgehead atoms. The molecular formula is C13H19F2NS. The summed E-state index contributed by atoms with van der Waals surface area (Å²) >= 11 is 1.74. The van der Waals surface area contributed by atoms with Crippen molar-refractivity contribution in [2.45, 2.75) is 44.1 Å². The highest BCUT2D eigenvalue weighted by molar-refractivity contribution is 7.09. The minimum Gasteiger partial charge on any atom is -0.317 e. The first-order valence-electron chi connectivity index (χ1n) is 6.18. The van der Waals surface area contributed by atoms with Gasteiger partial charge in [-0.05, 0) is 43.7 Å². The number of hydrogen-bond donors (Lipinski definition) is 1. The summed E-state index contributed by atoms with van der Waals surface area (Å²) in [5.41, 5.74) is 0. The minimum atomic E-state index is -2.43. The minimum absolute atomic E-state index is 0.0585. The Morgan fingerprint density at radius 3 is 2.94 bits per heavy atom. The number of thiophene rings is 1. The first-order valence-corrected chi connectivity index (χ1v) is 7.06. The normalized spacial score (nSPS) is 25.0. The van der Waals surface area contributed by atoms with Gasteiger partial charge in [0.2, 0.25) is 5.92 Å². The molecular weight excluding hydrogens is 240 g/mol. The third-order valence-electron chi connectivity index (χ3n) is 3.66. The Hall–Kier alpha value is -0.480. The summed E-state index contributed by atoms with van der Waals surface area (Å²) in [6, 6.07) is 4.38. The Bertz CT molecular complexity index is 337. The van der Waals surface area contributed by atoms with E-state index in [-0.39, 0.29) is 24.8 Å². The number of rotatable bonds is 5. The molecule has 0 radical (unpaired) electrons. The summed E-state index contributed by atoms with van der Waals surface area (Å²) in [6.45, 7) is 0. The van der Waals surface area contributed by atoms with Crippen molar-refractivity contribution in [3.05, 3.63) is 22.4 Å². The lowest BCUT2D eigenvalue weighted by Crippen LogP contribution is -2.33. The van der Waals surface area contributed by atoms with Crippen molar-refractivity contribution in [1.29, 1.82) is 0 Å². The second kappa shape index (κ2) is 5.44. The third-order valence-corrected chi connectivity index (χ3v) is 4.60. The molecule has 0 spiro atoms. The second-order valence-electron chi connectivity index (χ2n) is 4.87. The highest BCUT2D eigenvalue weighted by Gasteiger charge is 2.41. The summed E-state index contributed by atoms with van der Waals surface area (Å²) in [4.78, 5) is 1.34. The number of alkyl halides is 2. The SMILES string of the molecule is CNC(CCc1cccs1)C1CCC(F)(F)C1. The van der Waals surface area contributed by atoms with Crippen LogP contribution in [0.4, 0.5) is 8.78 Å². The number of aryl methyl sites for hydroxylation is 1. The third kappa shape index (κ3) is 3.49. The number of nitrogens with one attached hydrogen (secondary N) is 1. The van der Waals surface area contributed by atoms with E-state index in [4.69, 9.17) is 0 Å². The molecule has 0 aliphatic heterocycles. The topological polar surface area (TPSA) is 12.0 Å². The molecule has 1 heterocycles. The van der Waals surface area contributed by atoms with Crippen molar-refractivity contribution < 1.29 is 8.78 Å². The fourth-order valence-corrected chi connectivity index (χ4v) is 3.42. The molecule has 1 aromatic heterocycles. The molecule has 0 amide bonds. The van der Waals surface area contributed by atoms with Gasteiger partial charge in [0.05, 0.1) is 0 Å². The summed E-state index contributed by atoms with van der Waals surface area (Å²) < 4.78 is 26.4. The lowest BCUT2D eigenvalue weighted by molar-refractivity contribution is 0.00330. The highest BCUT2D eigenvalue weighted by atomic mass is 32.1. The van der Waals surface area contributed by atoms with E-state index in [2.05, 4.69) is 16.8 Å². The van der Waals surface area contributed by atoms with Gasteiger partial charge in [0.1, 0.15) is 0 Å². The average molecular weight is 259 g/mol. The van der Waals surface area contributed by atoms with Gasteiger partial charge in [-0.15, -0.1) is 11.3 Å². The largest absolute Gasteiger partial charge is 0.317 e. The molecule has 0 saturated heterocycles. The molecule has 2 unspecified atom stereocenters. The average Bonchev–Trinajstić information content (AvgIpc) is 2.89. The van der Waals surface area contributed by atoms with Gasteiger partial charge in [0.25, 0.3) is 0 Å². The van der Waals surface area contributed by atoms with E-state index in [1.807, 2.05) is 13.1 Å². The van der Waals surface area contributed by atoms with E-state index >= 15 is 0 Å². The Labute approximate surface area is 105 Å². The second-order valence-corrected chi connectivity index (χ2v) is 5.90. The summed E-state index contributed by atoms with van der Waals surface area (Å²) in [5, 5.41) is 5.28. The lowest BCUT2D eigenvalue weighted by Gasteiger charge is -2.22. The monoisotopic (exact) mass is 259 g/mol. The fourth-order valence-electron chi connectivity index (χ4n) is 2.70. The molecule has 1 aliphatic carbocycles. The van der Waals surface area contributed by atoms with E-state index in [9.17, 15) is 8.78 Å². The number of hydrogen-bond acceptors (Lipinski definition) is 2. The van der Waals surface area contributed by atoms with Gasteiger partial charge in [0.15, 0.2) is 0 Å². The Morgan fingerprint density at radius 1 is 1.59 bits per heavy atom. The number of halogens is 2. The Morgan fingerprint density at radius 2 is 2.41 bits per heavy atom. The zero-order valence-corrected chi connectivity index (χ0v) is 10.9. The van der Waals surface area contributed by atoms with Gasteiger partial charge in [-0.3, -0.25) is 0 Å².